The van der Waals surface area contributed by atoms with Gasteiger partial charge < -0.3 is 9.64 Å². The summed E-state index contributed by atoms with van der Waals surface area (Å²) in [6.45, 7) is 2.18. The zero-order chi connectivity index (χ0) is 25.3. The van der Waals surface area contributed by atoms with Crippen molar-refractivity contribution in [1.29, 1.82) is 0 Å². The molecule has 37 heavy (non-hydrogen) atoms. The number of benzene rings is 2. The summed E-state index contributed by atoms with van der Waals surface area (Å²) >= 11 is 0. The Morgan fingerprint density at radius 3 is 2.57 bits per heavy atom. The van der Waals surface area contributed by atoms with Crippen molar-refractivity contribution in [3.63, 3.8) is 0 Å². The number of hydrogen-bond acceptors (Lipinski definition) is 5. The van der Waals surface area contributed by atoms with Gasteiger partial charge in [0.2, 0.25) is 5.91 Å². The number of ether oxygens (including phenoxy) is 1. The average molecular weight is 504 g/mol. The molecule has 8 heteroatoms. The van der Waals surface area contributed by atoms with Crippen molar-refractivity contribution in [2.75, 3.05) is 13.1 Å². The van der Waals surface area contributed by atoms with Gasteiger partial charge in [0.15, 0.2) is 0 Å². The number of carbonyl (C=O) groups excluding carboxylic acids is 3. The predicted octanol–water partition coefficient (Wildman–Crippen LogP) is 3.38. The molecule has 8 rings (SSSR count). The second kappa shape index (κ2) is 8.38. The van der Waals surface area contributed by atoms with Crippen molar-refractivity contribution in [2.24, 2.45) is 5.92 Å². The van der Waals surface area contributed by atoms with Gasteiger partial charge in [0.05, 0.1) is 0 Å². The monoisotopic (exact) mass is 503 g/mol. The standard InChI is InChI=1S/C29H30FN3O4/c30-21-5-3-4-17(10-21)20-14-32(15-20)24-6-1-2-7-25(24)37-22-8-9-23-18(11-22)16-33(27(23)35)29-12-19(13-29)26(34)31-28(29)36/h3-5,8-11,19-20,24-25H,1-2,6-7,12-16H2,(H,31,34,36)/t19?,24-,25-,29?/m1/s1. The third-order valence-electron chi connectivity index (χ3n) is 9.25. The lowest BCUT2D eigenvalue weighted by Gasteiger charge is -2.53. The van der Waals surface area contributed by atoms with Crippen LogP contribution in [0.1, 0.15) is 65.9 Å². The van der Waals surface area contributed by atoms with Crippen LogP contribution in [0.25, 0.3) is 0 Å². The average Bonchev–Trinajstić information content (AvgIpc) is 3.14. The zero-order valence-electron chi connectivity index (χ0n) is 20.6. The van der Waals surface area contributed by atoms with Gasteiger partial charge >= 0.3 is 0 Å². The van der Waals surface area contributed by atoms with Gasteiger partial charge in [-0.05, 0) is 73.6 Å². The Bertz CT molecular complexity index is 1300. The molecular weight excluding hydrogens is 473 g/mol. The van der Waals surface area contributed by atoms with Gasteiger partial charge in [0.25, 0.3) is 11.8 Å². The van der Waals surface area contributed by atoms with Crippen LogP contribution in [0.2, 0.25) is 0 Å². The van der Waals surface area contributed by atoms with Crippen LogP contribution in [0.15, 0.2) is 42.5 Å². The summed E-state index contributed by atoms with van der Waals surface area (Å²) in [7, 11) is 0. The number of halogens is 1. The van der Waals surface area contributed by atoms with Crippen molar-refractivity contribution in [3.8, 4) is 5.75 Å². The summed E-state index contributed by atoms with van der Waals surface area (Å²) in [4.78, 5) is 41.8. The Kier molecular flexibility index (Phi) is 5.19. The van der Waals surface area contributed by atoms with Gasteiger partial charge in [-0.2, -0.15) is 0 Å². The Labute approximate surface area is 214 Å². The number of piperidine rings is 2. The SMILES string of the molecule is O=C1NC(=O)C2(N3Cc4cc(O[C@@H]5CCCC[C@H]5N5CC(c6cccc(F)c6)C5)ccc4C3=O)CC1C2. The van der Waals surface area contributed by atoms with E-state index in [1.807, 2.05) is 24.3 Å². The molecule has 1 N–H and O–H groups in total. The Hall–Kier alpha value is -3.26. The fourth-order valence-corrected chi connectivity index (χ4v) is 7.08. The Morgan fingerprint density at radius 2 is 1.78 bits per heavy atom. The first-order chi connectivity index (χ1) is 17.9. The third kappa shape index (κ3) is 3.60. The minimum absolute atomic E-state index is 0.0644. The van der Waals surface area contributed by atoms with Crippen LogP contribution in [0.4, 0.5) is 4.39 Å². The smallest absolute Gasteiger partial charge is 0.255 e. The minimum Gasteiger partial charge on any atom is -0.489 e. The first kappa shape index (κ1) is 22.9. The predicted molar refractivity (Wildman–Crippen MR) is 132 cm³/mol. The van der Waals surface area contributed by atoms with E-state index < -0.39 is 5.54 Å². The van der Waals surface area contributed by atoms with Gasteiger partial charge in [-0.1, -0.05) is 18.6 Å². The van der Waals surface area contributed by atoms with Crippen LogP contribution in [-0.2, 0) is 16.1 Å². The van der Waals surface area contributed by atoms with Gasteiger partial charge in [0.1, 0.15) is 23.2 Å². The molecule has 0 radical (unpaired) electrons. The normalized spacial score (nSPS) is 31.4. The maximum absolute atomic E-state index is 13.7. The van der Waals surface area contributed by atoms with Crippen LogP contribution >= 0.6 is 0 Å². The van der Waals surface area contributed by atoms with E-state index in [0.717, 1.165) is 49.2 Å². The van der Waals surface area contributed by atoms with Gasteiger partial charge in [0, 0.05) is 43.1 Å². The highest BCUT2D eigenvalue weighted by Gasteiger charge is 2.63. The molecule has 0 aromatic heterocycles. The summed E-state index contributed by atoms with van der Waals surface area (Å²) in [6.07, 6.45) is 5.24. The van der Waals surface area contributed by atoms with E-state index in [1.165, 1.54) is 12.5 Å². The number of carbonyl (C=O) groups is 3. The molecule has 7 nitrogen and oxygen atoms in total. The lowest BCUT2D eigenvalue weighted by atomic mass is 9.63. The molecule has 3 amide bonds. The summed E-state index contributed by atoms with van der Waals surface area (Å²) in [5.41, 5.74) is 1.63. The largest absolute Gasteiger partial charge is 0.489 e. The number of likely N-dealkylation sites (tertiary alicyclic amines) is 1. The minimum atomic E-state index is -0.903. The number of amides is 3. The molecule has 2 aromatic rings. The first-order valence-corrected chi connectivity index (χ1v) is 13.4. The highest BCUT2D eigenvalue weighted by molar-refractivity contribution is 6.10. The summed E-state index contributed by atoms with van der Waals surface area (Å²) in [6, 6.07) is 12.9. The molecule has 6 aliphatic rings. The highest BCUT2D eigenvalue weighted by Crippen LogP contribution is 2.49. The number of hydrogen-bond donors (Lipinski definition) is 1. The second-order valence-corrected chi connectivity index (χ2v) is 11.4. The maximum atomic E-state index is 13.7. The quantitative estimate of drug-likeness (QED) is 0.633. The van der Waals surface area contributed by atoms with E-state index >= 15 is 0 Å². The van der Waals surface area contributed by atoms with E-state index in [4.69, 9.17) is 4.74 Å². The molecule has 2 atom stereocenters. The van der Waals surface area contributed by atoms with Crippen molar-refractivity contribution < 1.29 is 23.5 Å². The van der Waals surface area contributed by atoms with Crippen molar-refractivity contribution >= 4 is 17.7 Å². The van der Waals surface area contributed by atoms with E-state index in [1.54, 1.807) is 17.0 Å². The molecule has 3 saturated heterocycles. The third-order valence-corrected chi connectivity index (χ3v) is 9.25. The molecule has 2 aliphatic carbocycles. The van der Waals surface area contributed by atoms with E-state index in [0.29, 0.717) is 36.9 Å². The molecule has 4 aliphatic heterocycles. The lowest BCUT2D eigenvalue weighted by molar-refractivity contribution is -0.160. The number of fused-ring (bicyclic) bond motifs is 3. The molecule has 2 saturated carbocycles. The summed E-state index contributed by atoms with van der Waals surface area (Å²) < 4.78 is 20.2. The van der Waals surface area contributed by atoms with Crippen LogP contribution < -0.4 is 10.1 Å². The van der Waals surface area contributed by atoms with E-state index in [9.17, 15) is 18.8 Å². The first-order valence-electron chi connectivity index (χ1n) is 13.4. The fourth-order valence-electron chi connectivity index (χ4n) is 7.08. The highest BCUT2D eigenvalue weighted by atomic mass is 19.1. The summed E-state index contributed by atoms with van der Waals surface area (Å²) in [5.74, 6) is 0.0138. The van der Waals surface area contributed by atoms with Crippen LogP contribution in [0.5, 0.6) is 5.75 Å². The number of rotatable bonds is 5. The number of imide groups is 1. The van der Waals surface area contributed by atoms with Gasteiger partial charge in [-0.3, -0.25) is 24.6 Å². The Morgan fingerprint density at radius 1 is 0.973 bits per heavy atom. The van der Waals surface area contributed by atoms with Gasteiger partial charge in [-0.15, -0.1) is 0 Å². The van der Waals surface area contributed by atoms with Crippen LogP contribution in [0.3, 0.4) is 0 Å². The summed E-state index contributed by atoms with van der Waals surface area (Å²) in [5, 5.41) is 2.43. The Balaban J connectivity index is 1.04. The topological polar surface area (TPSA) is 79.0 Å². The zero-order valence-corrected chi connectivity index (χ0v) is 20.6. The van der Waals surface area contributed by atoms with Crippen molar-refractivity contribution in [1.82, 2.24) is 15.1 Å². The lowest BCUT2D eigenvalue weighted by Crippen LogP contribution is -2.73. The van der Waals surface area contributed by atoms with E-state index in [2.05, 4.69) is 10.2 Å². The van der Waals surface area contributed by atoms with E-state index in [-0.39, 0.29) is 35.6 Å². The molecule has 2 aromatic carbocycles. The molecule has 5 fully saturated rings. The molecule has 192 valence electrons. The maximum Gasteiger partial charge on any atom is 0.255 e. The molecular formula is C29H30FN3O4. The molecule has 0 spiro atoms. The molecule has 4 heterocycles. The number of nitrogens with zero attached hydrogens (tertiary/aromatic N) is 2. The van der Waals surface area contributed by atoms with Crippen molar-refractivity contribution in [3.05, 3.63) is 65.0 Å². The van der Waals surface area contributed by atoms with Gasteiger partial charge in [-0.25, -0.2) is 4.39 Å². The van der Waals surface area contributed by atoms with Crippen LogP contribution in [0, 0.1) is 11.7 Å². The molecule has 2 bridgehead atoms. The fraction of sp³-hybridized carbons (Fsp3) is 0.483. The second-order valence-electron chi connectivity index (χ2n) is 11.4. The number of nitrogens with one attached hydrogen (secondary N) is 1. The van der Waals surface area contributed by atoms with Crippen LogP contribution in [-0.4, -0.2) is 58.3 Å². The molecule has 0 unspecified atom stereocenters. The van der Waals surface area contributed by atoms with Crippen molar-refractivity contribution in [2.45, 2.75) is 68.7 Å².